The van der Waals surface area contributed by atoms with Crippen LogP contribution in [0.25, 0.3) is 0 Å². The fourth-order valence-corrected chi connectivity index (χ4v) is 2.51. The SMILES string of the molecule is C.CCCC(C)Nc1nc(C)ncc1OCCCc1ccccc1. The van der Waals surface area contributed by atoms with E-state index in [0.717, 1.165) is 43.1 Å². The third-order valence-electron chi connectivity index (χ3n) is 3.69. The Balaban J connectivity index is 0.00000288. The minimum absolute atomic E-state index is 0. The predicted octanol–water partition coefficient (Wildman–Crippen LogP) is 5.03. The average molecular weight is 329 g/mol. The van der Waals surface area contributed by atoms with Gasteiger partial charge in [-0.15, -0.1) is 0 Å². The molecule has 1 atom stereocenters. The predicted molar refractivity (Wildman–Crippen MR) is 102 cm³/mol. The van der Waals surface area contributed by atoms with Crippen LogP contribution >= 0.6 is 0 Å². The van der Waals surface area contributed by atoms with E-state index in [9.17, 15) is 0 Å². The molecule has 0 saturated carbocycles. The highest BCUT2D eigenvalue weighted by Gasteiger charge is 2.10. The molecule has 1 heterocycles. The van der Waals surface area contributed by atoms with Crippen molar-refractivity contribution in [3.63, 3.8) is 0 Å². The molecule has 0 aliphatic rings. The molecule has 2 aromatic rings. The molecule has 1 aromatic carbocycles. The molecule has 1 unspecified atom stereocenters. The summed E-state index contributed by atoms with van der Waals surface area (Å²) in [4.78, 5) is 8.74. The van der Waals surface area contributed by atoms with Crippen LogP contribution in [-0.2, 0) is 6.42 Å². The Kier molecular flexibility index (Phi) is 8.84. The monoisotopic (exact) mass is 329 g/mol. The van der Waals surface area contributed by atoms with Gasteiger partial charge in [0.1, 0.15) is 5.82 Å². The third-order valence-corrected chi connectivity index (χ3v) is 3.69. The lowest BCUT2D eigenvalue weighted by molar-refractivity contribution is 0.309. The van der Waals surface area contributed by atoms with Crippen molar-refractivity contribution >= 4 is 5.82 Å². The van der Waals surface area contributed by atoms with Gasteiger partial charge in [0.25, 0.3) is 0 Å². The van der Waals surface area contributed by atoms with Crippen molar-refractivity contribution in [3.8, 4) is 5.75 Å². The molecular weight excluding hydrogens is 298 g/mol. The molecule has 0 spiro atoms. The van der Waals surface area contributed by atoms with Crippen LogP contribution in [0, 0.1) is 6.92 Å². The minimum atomic E-state index is 0. The second kappa shape index (κ2) is 10.6. The number of rotatable bonds is 9. The molecule has 2 rings (SSSR count). The Labute approximate surface area is 146 Å². The number of aromatic nitrogens is 2. The zero-order chi connectivity index (χ0) is 16.5. The van der Waals surface area contributed by atoms with Crippen LogP contribution in [0.4, 0.5) is 5.82 Å². The van der Waals surface area contributed by atoms with Gasteiger partial charge in [0.15, 0.2) is 11.6 Å². The molecule has 0 amide bonds. The van der Waals surface area contributed by atoms with Crippen molar-refractivity contribution < 1.29 is 4.74 Å². The van der Waals surface area contributed by atoms with Gasteiger partial charge < -0.3 is 10.1 Å². The van der Waals surface area contributed by atoms with Crippen LogP contribution < -0.4 is 10.1 Å². The summed E-state index contributed by atoms with van der Waals surface area (Å²) in [7, 11) is 0. The maximum absolute atomic E-state index is 5.91. The van der Waals surface area contributed by atoms with Crippen molar-refractivity contribution in [1.82, 2.24) is 9.97 Å². The number of anilines is 1. The molecule has 4 heteroatoms. The molecule has 0 saturated heterocycles. The molecule has 4 nitrogen and oxygen atoms in total. The number of hydrogen-bond donors (Lipinski definition) is 1. The highest BCUT2D eigenvalue weighted by molar-refractivity contribution is 5.49. The van der Waals surface area contributed by atoms with Crippen LogP contribution in [0.3, 0.4) is 0 Å². The molecule has 0 radical (unpaired) electrons. The summed E-state index contributed by atoms with van der Waals surface area (Å²) in [5.41, 5.74) is 1.34. The van der Waals surface area contributed by atoms with Gasteiger partial charge in [0, 0.05) is 6.04 Å². The van der Waals surface area contributed by atoms with Crippen LogP contribution in [0.1, 0.15) is 51.9 Å². The van der Waals surface area contributed by atoms with Crippen molar-refractivity contribution in [2.24, 2.45) is 0 Å². The maximum Gasteiger partial charge on any atom is 0.179 e. The third kappa shape index (κ3) is 6.57. The van der Waals surface area contributed by atoms with E-state index < -0.39 is 0 Å². The normalized spacial score (nSPS) is 11.5. The summed E-state index contributed by atoms with van der Waals surface area (Å²) in [6.07, 6.45) is 6.01. The fourth-order valence-electron chi connectivity index (χ4n) is 2.51. The van der Waals surface area contributed by atoms with E-state index in [1.807, 2.05) is 13.0 Å². The van der Waals surface area contributed by atoms with E-state index in [2.05, 4.69) is 53.4 Å². The molecule has 0 aliphatic heterocycles. The lowest BCUT2D eigenvalue weighted by Gasteiger charge is -2.17. The number of nitrogens with one attached hydrogen (secondary N) is 1. The van der Waals surface area contributed by atoms with Crippen LogP contribution in [-0.4, -0.2) is 22.6 Å². The van der Waals surface area contributed by atoms with Gasteiger partial charge in [0.05, 0.1) is 12.8 Å². The van der Waals surface area contributed by atoms with E-state index in [4.69, 9.17) is 4.74 Å². The molecule has 132 valence electrons. The molecular formula is C20H31N3O. The number of ether oxygens (including phenoxy) is 1. The second-order valence-corrected chi connectivity index (χ2v) is 5.90. The minimum Gasteiger partial charge on any atom is -0.488 e. The van der Waals surface area contributed by atoms with E-state index in [1.54, 1.807) is 6.20 Å². The van der Waals surface area contributed by atoms with Gasteiger partial charge in [-0.2, -0.15) is 0 Å². The zero-order valence-electron chi connectivity index (χ0n) is 14.4. The molecule has 1 aromatic heterocycles. The fraction of sp³-hybridized carbons (Fsp3) is 0.500. The number of aryl methyl sites for hydroxylation is 2. The van der Waals surface area contributed by atoms with E-state index in [-0.39, 0.29) is 7.43 Å². The van der Waals surface area contributed by atoms with Gasteiger partial charge in [-0.05, 0) is 38.7 Å². The first-order valence-electron chi connectivity index (χ1n) is 8.46. The maximum atomic E-state index is 5.91. The lowest BCUT2D eigenvalue weighted by atomic mass is 10.1. The Morgan fingerprint density at radius 2 is 1.96 bits per heavy atom. The van der Waals surface area contributed by atoms with Gasteiger partial charge >= 0.3 is 0 Å². The van der Waals surface area contributed by atoms with Gasteiger partial charge in [-0.3, -0.25) is 0 Å². The van der Waals surface area contributed by atoms with E-state index >= 15 is 0 Å². The Hall–Kier alpha value is -2.10. The highest BCUT2D eigenvalue weighted by atomic mass is 16.5. The molecule has 0 fully saturated rings. The van der Waals surface area contributed by atoms with Gasteiger partial charge in [0.2, 0.25) is 0 Å². The number of nitrogens with zero attached hydrogens (tertiary/aromatic N) is 2. The van der Waals surface area contributed by atoms with Crippen molar-refractivity contribution in [2.45, 2.75) is 59.9 Å². The van der Waals surface area contributed by atoms with Crippen LogP contribution in [0.2, 0.25) is 0 Å². The summed E-state index contributed by atoms with van der Waals surface area (Å²) in [6.45, 7) is 6.91. The summed E-state index contributed by atoms with van der Waals surface area (Å²) in [5.74, 6) is 2.30. The molecule has 24 heavy (non-hydrogen) atoms. The standard InChI is InChI=1S/C19H27N3O.CH4/c1-4-9-15(2)21-19-18(14-20-16(3)22-19)23-13-8-12-17-10-6-5-7-11-17;/h5-7,10-11,14-15H,4,8-9,12-13H2,1-3H3,(H,20,21,22);1H4. The topological polar surface area (TPSA) is 47.0 Å². The number of benzene rings is 1. The number of hydrogen-bond acceptors (Lipinski definition) is 4. The Morgan fingerprint density at radius 1 is 1.21 bits per heavy atom. The Morgan fingerprint density at radius 3 is 2.67 bits per heavy atom. The largest absolute Gasteiger partial charge is 0.488 e. The summed E-state index contributed by atoms with van der Waals surface area (Å²) in [5, 5.41) is 3.43. The van der Waals surface area contributed by atoms with Crippen molar-refractivity contribution in [1.29, 1.82) is 0 Å². The lowest BCUT2D eigenvalue weighted by Crippen LogP contribution is -2.17. The van der Waals surface area contributed by atoms with E-state index in [0.29, 0.717) is 12.6 Å². The van der Waals surface area contributed by atoms with Gasteiger partial charge in [-0.25, -0.2) is 9.97 Å². The molecule has 0 aliphatic carbocycles. The zero-order valence-corrected chi connectivity index (χ0v) is 14.4. The summed E-state index contributed by atoms with van der Waals surface area (Å²) < 4.78 is 5.91. The molecule has 0 bridgehead atoms. The Bertz CT molecular complexity index is 587. The molecule has 1 N–H and O–H groups in total. The first-order chi connectivity index (χ1) is 11.2. The van der Waals surface area contributed by atoms with Crippen LogP contribution in [0.15, 0.2) is 36.5 Å². The second-order valence-electron chi connectivity index (χ2n) is 5.90. The average Bonchev–Trinajstić information content (AvgIpc) is 2.54. The first kappa shape index (κ1) is 19.9. The highest BCUT2D eigenvalue weighted by Crippen LogP contribution is 2.22. The van der Waals surface area contributed by atoms with Crippen molar-refractivity contribution in [3.05, 3.63) is 47.9 Å². The van der Waals surface area contributed by atoms with Crippen molar-refractivity contribution in [2.75, 3.05) is 11.9 Å². The summed E-state index contributed by atoms with van der Waals surface area (Å²) >= 11 is 0. The quantitative estimate of drug-likeness (QED) is 0.655. The summed E-state index contributed by atoms with van der Waals surface area (Å²) in [6, 6.07) is 10.9. The smallest absolute Gasteiger partial charge is 0.179 e. The van der Waals surface area contributed by atoms with E-state index in [1.165, 1.54) is 5.56 Å². The first-order valence-corrected chi connectivity index (χ1v) is 8.46. The van der Waals surface area contributed by atoms with Crippen LogP contribution in [0.5, 0.6) is 5.75 Å². The van der Waals surface area contributed by atoms with Gasteiger partial charge in [-0.1, -0.05) is 51.1 Å².